The number of halogens is 1. The van der Waals surface area contributed by atoms with Crippen molar-refractivity contribution in [1.82, 2.24) is 5.43 Å². The topological polar surface area (TPSA) is 123 Å². The molecule has 0 radical (unpaired) electrons. The van der Waals surface area contributed by atoms with E-state index in [0.29, 0.717) is 11.3 Å². The van der Waals surface area contributed by atoms with E-state index in [1.54, 1.807) is 48.5 Å². The molecule has 3 rings (SSSR count). The number of anilines is 1. The van der Waals surface area contributed by atoms with Gasteiger partial charge in [-0.2, -0.15) is 5.10 Å². The van der Waals surface area contributed by atoms with Crippen molar-refractivity contribution in [3.63, 3.8) is 0 Å². The fourth-order valence-corrected chi connectivity index (χ4v) is 2.86. The van der Waals surface area contributed by atoms with E-state index in [-0.39, 0.29) is 29.5 Å². The van der Waals surface area contributed by atoms with Crippen LogP contribution in [0.3, 0.4) is 0 Å². The molecule has 162 valence electrons. The van der Waals surface area contributed by atoms with E-state index in [9.17, 15) is 19.7 Å². The van der Waals surface area contributed by atoms with Crippen LogP contribution in [0.4, 0.5) is 11.4 Å². The van der Waals surface area contributed by atoms with Crippen molar-refractivity contribution >= 4 is 45.3 Å². The molecule has 3 aromatic rings. The summed E-state index contributed by atoms with van der Waals surface area (Å²) in [5.41, 5.74) is 3.51. The van der Waals surface area contributed by atoms with Crippen LogP contribution >= 0.6 is 15.9 Å². The van der Waals surface area contributed by atoms with Gasteiger partial charge in [-0.05, 0) is 36.4 Å². The van der Waals surface area contributed by atoms with Crippen LogP contribution in [0.5, 0.6) is 5.75 Å². The first kappa shape index (κ1) is 22.6. The predicted molar refractivity (Wildman–Crippen MR) is 123 cm³/mol. The molecule has 0 bridgehead atoms. The monoisotopic (exact) mass is 496 g/mol. The molecule has 2 amide bonds. The SMILES string of the molecule is O=C(COc1ccccc1C(=O)N/N=C/c1cccc([N+](=O)[O-])c1)Nc1ccc(Br)cc1. The van der Waals surface area contributed by atoms with Gasteiger partial charge >= 0.3 is 0 Å². The Morgan fingerprint density at radius 3 is 2.56 bits per heavy atom. The minimum atomic E-state index is -0.560. The molecule has 0 saturated carbocycles. The fraction of sp³-hybridized carbons (Fsp3) is 0.0455. The number of nitrogens with zero attached hydrogens (tertiary/aromatic N) is 2. The number of nitro benzene ring substituents is 1. The van der Waals surface area contributed by atoms with Gasteiger partial charge in [0, 0.05) is 27.9 Å². The summed E-state index contributed by atoms with van der Waals surface area (Å²) >= 11 is 3.32. The molecule has 3 aromatic carbocycles. The second-order valence-electron chi connectivity index (χ2n) is 6.39. The summed E-state index contributed by atoms with van der Waals surface area (Å²) in [6, 6.07) is 19.3. The Kier molecular flexibility index (Phi) is 7.65. The zero-order valence-corrected chi connectivity index (χ0v) is 18.1. The number of rotatable bonds is 8. The molecule has 2 N–H and O–H groups in total. The lowest BCUT2D eigenvalue weighted by atomic mass is 10.2. The van der Waals surface area contributed by atoms with E-state index in [4.69, 9.17) is 4.74 Å². The Morgan fingerprint density at radius 2 is 1.81 bits per heavy atom. The number of non-ortho nitro benzene ring substituents is 1. The average Bonchev–Trinajstić information content (AvgIpc) is 2.79. The van der Waals surface area contributed by atoms with Gasteiger partial charge in [0.1, 0.15) is 5.75 Å². The predicted octanol–water partition coefficient (Wildman–Crippen LogP) is 4.14. The first-order valence-electron chi connectivity index (χ1n) is 9.27. The highest BCUT2D eigenvalue weighted by atomic mass is 79.9. The van der Waals surface area contributed by atoms with Crippen molar-refractivity contribution in [2.75, 3.05) is 11.9 Å². The van der Waals surface area contributed by atoms with Gasteiger partial charge in [-0.15, -0.1) is 0 Å². The molecular formula is C22H17BrN4O5. The Hall–Kier alpha value is -4.05. The third kappa shape index (κ3) is 6.47. The minimum absolute atomic E-state index is 0.0829. The summed E-state index contributed by atoms with van der Waals surface area (Å²) in [5, 5.41) is 17.4. The zero-order chi connectivity index (χ0) is 22.9. The normalized spacial score (nSPS) is 10.5. The van der Waals surface area contributed by atoms with Gasteiger partial charge in [0.15, 0.2) is 6.61 Å². The van der Waals surface area contributed by atoms with Crippen molar-refractivity contribution in [3.8, 4) is 5.75 Å². The second kappa shape index (κ2) is 10.8. The summed E-state index contributed by atoms with van der Waals surface area (Å²) in [6.45, 7) is -0.294. The summed E-state index contributed by atoms with van der Waals surface area (Å²) in [5.74, 6) is -0.733. The Bertz CT molecular complexity index is 1160. The number of hydrogen-bond donors (Lipinski definition) is 2. The summed E-state index contributed by atoms with van der Waals surface area (Å²) in [7, 11) is 0. The van der Waals surface area contributed by atoms with Gasteiger partial charge < -0.3 is 10.1 Å². The van der Waals surface area contributed by atoms with Crippen molar-refractivity contribution < 1.29 is 19.2 Å². The number of carbonyl (C=O) groups is 2. The summed E-state index contributed by atoms with van der Waals surface area (Å²) in [6.07, 6.45) is 1.29. The van der Waals surface area contributed by atoms with Crippen LogP contribution in [0.1, 0.15) is 15.9 Å². The number of benzene rings is 3. The number of hydrogen-bond acceptors (Lipinski definition) is 6. The third-order valence-electron chi connectivity index (χ3n) is 4.08. The molecule has 32 heavy (non-hydrogen) atoms. The van der Waals surface area contributed by atoms with Crippen molar-refractivity contribution in [1.29, 1.82) is 0 Å². The highest BCUT2D eigenvalue weighted by Crippen LogP contribution is 2.18. The second-order valence-corrected chi connectivity index (χ2v) is 7.31. The highest BCUT2D eigenvalue weighted by Gasteiger charge is 2.13. The van der Waals surface area contributed by atoms with Crippen LogP contribution in [-0.4, -0.2) is 29.6 Å². The van der Waals surface area contributed by atoms with Gasteiger partial charge in [-0.3, -0.25) is 19.7 Å². The third-order valence-corrected chi connectivity index (χ3v) is 4.61. The number of nitrogens with one attached hydrogen (secondary N) is 2. The number of hydrazone groups is 1. The summed E-state index contributed by atoms with van der Waals surface area (Å²) in [4.78, 5) is 34.9. The van der Waals surface area contributed by atoms with Crippen LogP contribution in [-0.2, 0) is 4.79 Å². The number of ether oxygens (including phenoxy) is 1. The molecule has 0 atom stereocenters. The standard InChI is InChI=1S/C22H17BrN4O5/c23-16-8-10-17(11-9-16)25-21(28)14-32-20-7-2-1-6-19(20)22(29)26-24-13-15-4-3-5-18(12-15)27(30)31/h1-13H,14H2,(H,25,28)(H,26,29)/b24-13+. The molecule has 9 nitrogen and oxygen atoms in total. The maximum Gasteiger partial charge on any atom is 0.275 e. The molecule has 0 fully saturated rings. The fourth-order valence-electron chi connectivity index (χ4n) is 2.60. The molecule has 0 aliphatic carbocycles. The van der Waals surface area contributed by atoms with E-state index in [2.05, 4.69) is 31.8 Å². The lowest BCUT2D eigenvalue weighted by Crippen LogP contribution is -2.22. The maximum absolute atomic E-state index is 12.5. The van der Waals surface area contributed by atoms with Gasteiger partial charge in [0.05, 0.1) is 16.7 Å². The maximum atomic E-state index is 12.5. The lowest BCUT2D eigenvalue weighted by molar-refractivity contribution is -0.384. The number of carbonyl (C=O) groups excluding carboxylic acids is 2. The Labute approximate surface area is 191 Å². The van der Waals surface area contributed by atoms with Gasteiger partial charge in [-0.1, -0.05) is 40.2 Å². The molecule has 0 aromatic heterocycles. The Balaban J connectivity index is 1.59. The van der Waals surface area contributed by atoms with Gasteiger partial charge in [-0.25, -0.2) is 5.43 Å². The molecule has 0 spiro atoms. The van der Waals surface area contributed by atoms with Crippen LogP contribution in [0, 0.1) is 10.1 Å². The zero-order valence-electron chi connectivity index (χ0n) is 16.5. The van der Waals surface area contributed by atoms with Crippen molar-refractivity contribution in [3.05, 3.63) is 98.5 Å². The van der Waals surface area contributed by atoms with Gasteiger partial charge in [0.2, 0.25) is 0 Å². The van der Waals surface area contributed by atoms with E-state index < -0.39 is 10.8 Å². The van der Waals surface area contributed by atoms with Crippen molar-refractivity contribution in [2.24, 2.45) is 5.10 Å². The molecule has 0 aliphatic rings. The highest BCUT2D eigenvalue weighted by molar-refractivity contribution is 9.10. The molecule has 0 saturated heterocycles. The largest absolute Gasteiger partial charge is 0.483 e. The van der Waals surface area contributed by atoms with Crippen LogP contribution < -0.4 is 15.5 Å². The first-order chi connectivity index (χ1) is 15.4. The van der Waals surface area contributed by atoms with E-state index in [1.807, 2.05) is 0 Å². The quantitative estimate of drug-likeness (QED) is 0.275. The molecule has 0 aliphatic heterocycles. The molecular weight excluding hydrogens is 480 g/mol. The van der Waals surface area contributed by atoms with E-state index >= 15 is 0 Å². The van der Waals surface area contributed by atoms with Crippen LogP contribution in [0.15, 0.2) is 82.4 Å². The molecule has 0 heterocycles. The van der Waals surface area contributed by atoms with E-state index in [1.165, 1.54) is 30.5 Å². The molecule has 10 heteroatoms. The smallest absolute Gasteiger partial charge is 0.275 e. The number of amides is 2. The summed E-state index contributed by atoms with van der Waals surface area (Å²) < 4.78 is 6.40. The van der Waals surface area contributed by atoms with Crippen LogP contribution in [0.2, 0.25) is 0 Å². The van der Waals surface area contributed by atoms with Crippen LogP contribution in [0.25, 0.3) is 0 Å². The average molecular weight is 497 g/mol. The number of nitro groups is 1. The minimum Gasteiger partial charge on any atom is -0.483 e. The number of para-hydroxylation sites is 1. The van der Waals surface area contributed by atoms with Gasteiger partial charge in [0.25, 0.3) is 17.5 Å². The van der Waals surface area contributed by atoms with Crippen molar-refractivity contribution in [2.45, 2.75) is 0 Å². The Morgan fingerprint density at radius 1 is 1.06 bits per heavy atom. The first-order valence-corrected chi connectivity index (χ1v) is 10.1. The lowest BCUT2D eigenvalue weighted by Gasteiger charge is -2.11. The molecule has 0 unspecified atom stereocenters. The van der Waals surface area contributed by atoms with E-state index in [0.717, 1.165) is 4.47 Å².